The molecule has 4 rings (SSSR count). The van der Waals surface area contributed by atoms with Gasteiger partial charge in [0.15, 0.2) is 11.5 Å². The van der Waals surface area contributed by atoms with E-state index in [1.807, 2.05) is 48.5 Å². The summed E-state index contributed by atoms with van der Waals surface area (Å²) in [5.41, 5.74) is 4.15. The van der Waals surface area contributed by atoms with Gasteiger partial charge in [-0.25, -0.2) is 4.79 Å². The lowest BCUT2D eigenvalue weighted by Crippen LogP contribution is -2.19. The van der Waals surface area contributed by atoms with Crippen molar-refractivity contribution in [3.63, 3.8) is 0 Å². The summed E-state index contributed by atoms with van der Waals surface area (Å²) in [5, 5.41) is 7.37. The Labute approximate surface area is 178 Å². The summed E-state index contributed by atoms with van der Waals surface area (Å²) < 4.78 is 10.5. The number of nitrogens with one attached hydrogen (secondary N) is 3. The minimum absolute atomic E-state index is 0.359. The minimum atomic E-state index is -0.359. The predicted molar refractivity (Wildman–Crippen MR) is 121 cm³/mol. The molecule has 1 heterocycles. The highest BCUT2D eigenvalue weighted by atomic mass is 35.5. The second-order valence-electron chi connectivity index (χ2n) is 6.64. The first kappa shape index (κ1) is 19.7. The van der Waals surface area contributed by atoms with Gasteiger partial charge in [-0.15, -0.1) is 0 Å². The number of amides is 2. The molecule has 0 fully saturated rings. The number of benzene rings is 3. The third kappa shape index (κ3) is 4.18. The molecule has 0 aliphatic carbocycles. The van der Waals surface area contributed by atoms with Gasteiger partial charge in [0.1, 0.15) is 0 Å². The van der Waals surface area contributed by atoms with Crippen molar-refractivity contribution in [2.75, 3.05) is 24.9 Å². The lowest BCUT2D eigenvalue weighted by atomic mass is 10.1. The van der Waals surface area contributed by atoms with Crippen LogP contribution in [0.15, 0.2) is 66.7 Å². The van der Waals surface area contributed by atoms with Crippen molar-refractivity contribution in [1.82, 2.24) is 4.98 Å². The highest BCUT2D eigenvalue weighted by molar-refractivity contribution is 6.31. The molecule has 3 aromatic carbocycles. The van der Waals surface area contributed by atoms with Crippen LogP contribution in [-0.4, -0.2) is 25.2 Å². The lowest BCUT2D eigenvalue weighted by Gasteiger charge is -2.11. The Bertz CT molecular complexity index is 1220. The summed E-state index contributed by atoms with van der Waals surface area (Å²) in [6.07, 6.45) is 0. The zero-order valence-corrected chi connectivity index (χ0v) is 17.2. The van der Waals surface area contributed by atoms with Crippen LogP contribution in [0.5, 0.6) is 11.5 Å². The van der Waals surface area contributed by atoms with Crippen LogP contribution >= 0.6 is 11.6 Å². The topological polar surface area (TPSA) is 75.4 Å². The molecule has 0 spiro atoms. The number of hydrogen-bond donors (Lipinski definition) is 3. The Balaban J connectivity index is 1.50. The van der Waals surface area contributed by atoms with E-state index in [-0.39, 0.29) is 6.03 Å². The molecule has 30 heavy (non-hydrogen) atoms. The molecule has 152 valence electrons. The summed E-state index contributed by atoms with van der Waals surface area (Å²) in [7, 11) is 3.11. The molecule has 0 radical (unpaired) electrons. The Kier molecular flexibility index (Phi) is 5.50. The number of ether oxygens (including phenoxy) is 2. The number of methoxy groups -OCH3 is 2. The van der Waals surface area contributed by atoms with E-state index in [0.717, 1.165) is 22.2 Å². The predicted octanol–water partition coefficient (Wildman–Crippen LogP) is 6.15. The molecule has 3 N–H and O–H groups in total. The van der Waals surface area contributed by atoms with Gasteiger partial charge in [0, 0.05) is 44.6 Å². The van der Waals surface area contributed by atoms with Gasteiger partial charge < -0.3 is 25.1 Å². The number of aromatic amines is 1. The molecule has 0 saturated heterocycles. The maximum atomic E-state index is 12.4. The maximum absolute atomic E-state index is 12.4. The molecule has 2 amide bonds. The number of hydrogen-bond acceptors (Lipinski definition) is 3. The van der Waals surface area contributed by atoms with E-state index in [2.05, 4.69) is 15.6 Å². The Hall–Kier alpha value is -3.64. The Morgan fingerprint density at radius 3 is 2.40 bits per heavy atom. The van der Waals surface area contributed by atoms with Crippen LogP contribution in [0.2, 0.25) is 5.02 Å². The monoisotopic (exact) mass is 421 g/mol. The van der Waals surface area contributed by atoms with Gasteiger partial charge >= 0.3 is 6.03 Å². The first-order valence-electron chi connectivity index (χ1n) is 9.24. The summed E-state index contributed by atoms with van der Waals surface area (Å²) in [4.78, 5) is 15.8. The van der Waals surface area contributed by atoms with Crippen molar-refractivity contribution in [2.45, 2.75) is 0 Å². The number of aromatic nitrogens is 1. The lowest BCUT2D eigenvalue weighted by molar-refractivity contribution is 0.262. The van der Waals surface area contributed by atoms with E-state index < -0.39 is 0 Å². The van der Waals surface area contributed by atoms with Crippen molar-refractivity contribution in [3.05, 3.63) is 71.8 Å². The zero-order valence-electron chi connectivity index (χ0n) is 16.5. The van der Waals surface area contributed by atoms with Gasteiger partial charge in [0.25, 0.3) is 0 Å². The van der Waals surface area contributed by atoms with E-state index in [0.29, 0.717) is 27.9 Å². The second kappa shape index (κ2) is 8.39. The van der Waals surface area contributed by atoms with E-state index in [1.165, 1.54) is 0 Å². The van der Waals surface area contributed by atoms with Gasteiger partial charge in [-0.2, -0.15) is 0 Å². The van der Waals surface area contributed by atoms with Crippen molar-refractivity contribution in [2.24, 2.45) is 0 Å². The number of carbonyl (C=O) groups excluding carboxylic acids is 1. The molecule has 6 nitrogen and oxygen atoms in total. The molecule has 0 bridgehead atoms. The number of rotatable bonds is 5. The normalized spacial score (nSPS) is 10.6. The molecular formula is C23H20ClN3O3. The number of anilines is 2. The molecule has 4 aromatic rings. The molecule has 1 aromatic heterocycles. The van der Waals surface area contributed by atoms with Crippen LogP contribution in [0.1, 0.15) is 0 Å². The minimum Gasteiger partial charge on any atom is -0.493 e. The van der Waals surface area contributed by atoms with E-state index in [1.54, 1.807) is 32.4 Å². The SMILES string of the molecule is COc1ccc(NC(=O)Nc2cccc(-c3cc4cc(Cl)ccc4[nH]3)c2)cc1OC. The standard InChI is InChI=1S/C23H20ClN3O3/c1-29-21-9-7-18(13-22(21)30-2)26-23(28)25-17-5-3-4-14(11-17)20-12-15-10-16(24)6-8-19(15)27-20/h3-13,27H,1-2H3,(H2,25,26,28). The van der Waals surface area contributed by atoms with Gasteiger partial charge in [-0.05, 0) is 48.5 Å². The third-order valence-electron chi connectivity index (χ3n) is 4.66. The number of urea groups is 1. The molecule has 7 heteroatoms. The number of fused-ring (bicyclic) bond motifs is 1. The largest absolute Gasteiger partial charge is 0.493 e. The quantitative estimate of drug-likeness (QED) is 0.361. The first-order chi connectivity index (χ1) is 14.6. The van der Waals surface area contributed by atoms with E-state index >= 15 is 0 Å². The van der Waals surface area contributed by atoms with Crippen LogP contribution in [0.25, 0.3) is 22.2 Å². The smallest absolute Gasteiger partial charge is 0.323 e. The molecule has 0 aliphatic rings. The van der Waals surface area contributed by atoms with Crippen LogP contribution in [-0.2, 0) is 0 Å². The fraction of sp³-hybridized carbons (Fsp3) is 0.0870. The van der Waals surface area contributed by atoms with Gasteiger partial charge in [-0.3, -0.25) is 0 Å². The third-order valence-corrected chi connectivity index (χ3v) is 4.89. The van der Waals surface area contributed by atoms with Crippen molar-refractivity contribution in [1.29, 1.82) is 0 Å². The molecule has 0 aliphatic heterocycles. The van der Waals surface area contributed by atoms with Gasteiger partial charge in [0.05, 0.1) is 14.2 Å². The van der Waals surface area contributed by atoms with Crippen LogP contribution in [0.3, 0.4) is 0 Å². The van der Waals surface area contributed by atoms with E-state index in [9.17, 15) is 4.79 Å². The average Bonchev–Trinajstić information content (AvgIpc) is 3.17. The highest BCUT2D eigenvalue weighted by Gasteiger charge is 2.09. The molecule has 0 saturated carbocycles. The van der Waals surface area contributed by atoms with Crippen molar-refractivity contribution >= 4 is 39.9 Å². The molecule has 0 unspecified atom stereocenters. The maximum Gasteiger partial charge on any atom is 0.323 e. The second-order valence-corrected chi connectivity index (χ2v) is 7.08. The van der Waals surface area contributed by atoms with E-state index in [4.69, 9.17) is 21.1 Å². The fourth-order valence-corrected chi connectivity index (χ4v) is 3.41. The average molecular weight is 422 g/mol. The number of halogens is 1. The number of H-pyrrole nitrogens is 1. The summed E-state index contributed by atoms with van der Waals surface area (Å²) in [6.45, 7) is 0. The first-order valence-corrected chi connectivity index (χ1v) is 9.62. The zero-order chi connectivity index (χ0) is 21.1. The Morgan fingerprint density at radius 2 is 1.63 bits per heavy atom. The van der Waals surface area contributed by atoms with Gasteiger partial charge in [-0.1, -0.05) is 23.7 Å². The Morgan fingerprint density at radius 1 is 0.867 bits per heavy atom. The summed E-state index contributed by atoms with van der Waals surface area (Å²) in [6, 6.07) is 20.2. The summed E-state index contributed by atoms with van der Waals surface area (Å²) >= 11 is 6.08. The molecular weight excluding hydrogens is 402 g/mol. The highest BCUT2D eigenvalue weighted by Crippen LogP contribution is 2.30. The molecule has 0 atom stereocenters. The number of carbonyl (C=O) groups is 1. The van der Waals surface area contributed by atoms with Crippen LogP contribution < -0.4 is 20.1 Å². The van der Waals surface area contributed by atoms with Crippen molar-refractivity contribution in [3.8, 4) is 22.8 Å². The van der Waals surface area contributed by atoms with Crippen LogP contribution in [0, 0.1) is 0 Å². The van der Waals surface area contributed by atoms with Crippen molar-refractivity contribution < 1.29 is 14.3 Å². The van der Waals surface area contributed by atoms with Gasteiger partial charge in [0.2, 0.25) is 0 Å². The summed E-state index contributed by atoms with van der Waals surface area (Å²) in [5.74, 6) is 1.13. The van der Waals surface area contributed by atoms with Crippen LogP contribution in [0.4, 0.5) is 16.2 Å². The fourth-order valence-electron chi connectivity index (χ4n) is 3.23.